The van der Waals surface area contributed by atoms with Crippen LogP contribution in [0.5, 0.6) is 0 Å². The number of aromatic nitrogens is 1. The fourth-order valence-electron chi connectivity index (χ4n) is 2.84. The fraction of sp³-hybridized carbons (Fsp3) is 0.0455. The van der Waals surface area contributed by atoms with Crippen LogP contribution in [-0.4, -0.2) is 4.98 Å². The normalized spacial score (nSPS) is 11.5. The molecular weight excluding hydrogens is 469 g/mol. The van der Waals surface area contributed by atoms with Gasteiger partial charge in [-0.2, -0.15) is 5.26 Å². The maximum atomic E-state index is 13.9. The van der Waals surface area contributed by atoms with Crippen LogP contribution >= 0.6 is 27.3 Å². The van der Waals surface area contributed by atoms with Gasteiger partial charge in [-0.25, -0.2) is 14.2 Å². The molecule has 4 rings (SSSR count). The van der Waals surface area contributed by atoms with Crippen molar-refractivity contribution in [2.45, 2.75) is 6.92 Å². The quantitative estimate of drug-likeness (QED) is 0.281. The third kappa shape index (κ3) is 4.03. The van der Waals surface area contributed by atoms with Gasteiger partial charge >= 0.3 is 5.63 Å². The SMILES string of the molecule is Cc1ccc(F)c(NC=C(C#N)c2nc(-c3cc4cc(Br)ccc4oc3=O)cs2)c1. The molecule has 0 radical (unpaired) electrons. The molecule has 5 nitrogen and oxygen atoms in total. The molecule has 0 saturated carbocycles. The van der Waals surface area contributed by atoms with Gasteiger partial charge in [0.15, 0.2) is 0 Å². The summed E-state index contributed by atoms with van der Waals surface area (Å²) in [6.45, 7) is 1.85. The average molecular weight is 482 g/mol. The van der Waals surface area contributed by atoms with Gasteiger partial charge in [-0.3, -0.25) is 0 Å². The van der Waals surface area contributed by atoms with Crippen LogP contribution in [0.15, 0.2) is 67.7 Å². The molecule has 30 heavy (non-hydrogen) atoms. The topological polar surface area (TPSA) is 78.9 Å². The summed E-state index contributed by atoms with van der Waals surface area (Å²) in [6.07, 6.45) is 1.40. The molecule has 2 heterocycles. The van der Waals surface area contributed by atoms with Crippen molar-refractivity contribution >= 4 is 49.5 Å². The maximum absolute atomic E-state index is 13.9. The molecule has 8 heteroatoms. The molecule has 0 aliphatic heterocycles. The number of aryl methyl sites for hydroxylation is 1. The Labute approximate surface area is 183 Å². The van der Waals surface area contributed by atoms with Crippen molar-refractivity contribution in [1.29, 1.82) is 5.26 Å². The molecule has 0 saturated heterocycles. The van der Waals surface area contributed by atoms with E-state index in [1.807, 2.05) is 13.0 Å². The lowest BCUT2D eigenvalue weighted by atomic mass is 10.1. The predicted octanol–water partition coefficient (Wildman–Crippen LogP) is 6.10. The van der Waals surface area contributed by atoms with Crippen molar-refractivity contribution < 1.29 is 8.81 Å². The molecule has 148 valence electrons. The first kappa shape index (κ1) is 20.0. The number of fused-ring (bicyclic) bond motifs is 1. The Morgan fingerprint density at radius 2 is 2.13 bits per heavy atom. The third-order valence-corrected chi connectivity index (χ3v) is 5.69. The number of hydrogen-bond donors (Lipinski definition) is 1. The van der Waals surface area contributed by atoms with Crippen molar-refractivity contribution in [3.05, 3.63) is 85.3 Å². The lowest BCUT2D eigenvalue weighted by Gasteiger charge is -2.04. The summed E-state index contributed by atoms with van der Waals surface area (Å²) in [6, 6.07) is 13.8. The number of hydrogen-bond acceptors (Lipinski definition) is 6. The van der Waals surface area contributed by atoms with Crippen LogP contribution in [0.3, 0.4) is 0 Å². The van der Waals surface area contributed by atoms with E-state index in [1.165, 1.54) is 23.6 Å². The van der Waals surface area contributed by atoms with Gasteiger partial charge in [0.2, 0.25) is 0 Å². The van der Waals surface area contributed by atoms with Crippen LogP contribution in [0.1, 0.15) is 10.6 Å². The van der Waals surface area contributed by atoms with Gasteiger partial charge in [-0.15, -0.1) is 11.3 Å². The molecule has 0 amide bonds. The molecule has 0 aliphatic rings. The Hall–Kier alpha value is -3.28. The summed E-state index contributed by atoms with van der Waals surface area (Å²) in [4.78, 5) is 16.8. The zero-order chi connectivity index (χ0) is 21.3. The van der Waals surface area contributed by atoms with Crippen molar-refractivity contribution in [1.82, 2.24) is 4.98 Å². The molecule has 0 aliphatic carbocycles. The second-order valence-electron chi connectivity index (χ2n) is 6.47. The molecule has 0 bridgehead atoms. The molecular formula is C22H13BrFN3O2S. The minimum absolute atomic E-state index is 0.222. The average Bonchev–Trinajstić information content (AvgIpc) is 3.20. The van der Waals surface area contributed by atoms with E-state index in [9.17, 15) is 14.4 Å². The van der Waals surface area contributed by atoms with Gasteiger partial charge in [0.05, 0.1) is 16.9 Å². The highest BCUT2D eigenvalue weighted by Gasteiger charge is 2.14. The molecule has 2 aromatic carbocycles. The predicted molar refractivity (Wildman–Crippen MR) is 120 cm³/mol. The Morgan fingerprint density at radius 1 is 1.30 bits per heavy atom. The van der Waals surface area contributed by atoms with Gasteiger partial charge in [0.1, 0.15) is 28.1 Å². The van der Waals surface area contributed by atoms with E-state index in [0.29, 0.717) is 21.8 Å². The molecule has 0 fully saturated rings. The van der Waals surface area contributed by atoms with Crippen LogP contribution in [0.25, 0.3) is 27.8 Å². The number of benzene rings is 2. The number of nitrogens with zero attached hydrogens (tertiary/aromatic N) is 2. The lowest BCUT2D eigenvalue weighted by molar-refractivity contribution is 0.563. The molecule has 0 atom stereocenters. The number of allylic oxidation sites excluding steroid dienone is 1. The van der Waals surface area contributed by atoms with Crippen molar-refractivity contribution in [2.75, 3.05) is 5.32 Å². The first-order chi connectivity index (χ1) is 14.4. The first-order valence-corrected chi connectivity index (χ1v) is 10.4. The molecule has 0 spiro atoms. The van der Waals surface area contributed by atoms with Gasteiger partial charge in [0, 0.05) is 21.4 Å². The number of anilines is 1. The van der Waals surface area contributed by atoms with Gasteiger partial charge < -0.3 is 9.73 Å². The standard InChI is InChI=1S/C22H13BrFN3O2S/c1-12-2-4-17(24)18(6-12)26-10-14(9-25)21-27-19(11-30-21)16-8-13-7-15(23)3-5-20(13)29-22(16)28/h2-8,10-11,26H,1H3. The van der Waals surface area contributed by atoms with E-state index >= 15 is 0 Å². The third-order valence-electron chi connectivity index (χ3n) is 4.32. The molecule has 0 unspecified atom stereocenters. The minimum atomic E-state index is -0.510. The summed E-state index contributed by atoms with van der Waals surface area (Å²) >= 11 is 4.61. The summed E-state index contributed by atoms with van der Waals surface area (Å²) in [5.41, 5.74) is 2.05. The van der Waals surface area contributed by atoms with Crippen LogP contribution in [0.4, 0.5) is 10.1 Å². The van der Waals surface area contributed by atoms with Gasteiger partial charge in [-0.05, 0) is 48.9 Å². The number of nitrogens with one attached hydrogen (secondary N) is 1. The number of nitriles is 1. The van der Waals surface area contributed by atoms with Gasteiger partial charge in [-0.1, -0.05) is 22.0 Å². The van der Waals surface area contributed by atoms with Crippen LogP contribution in [0.2, 0.25) is 0 Å². The molecule has 1 N–H and O–H groups in total. The van der Waals surface area contributed by atoms with Gasteiger partial charge in [0.25, 0.3) is 0 Å². The smallest absolute Gasteiger partial charge is 0.345 e. The van der Waals surface area contributed by atoms with Crippen molar-refractivity contribution in [3.63, 3.8) is 0 Å². The van der Waals surface area contributed by atoms with E-state index in [2.05, 4.69) is 32.3 Å². The highest BCUT2D eigenvalue weighted by molar-refractivity contribution is 9.10. The molecule has 2 aromatic heterocycles. The largest absolute Gasteiger partial charge is 0.422 e. The van der Waals surface area contributed by atoms with Crippen molar-refractivity contribution in [3.8, 4) is 17.3 Å². The summed E-state index contributed by atoms with van der Waals surface area (Å²) in [5, 5.41) is 15.2. The maximum Gasteiger partial charge on any atom is 0.345 e. The monoisotopic (exact) mass is 481 g/mol. The van der Waals surface area contributed by atoms with E-state index in [0.717, 1.165) is 15.4 Å². The van der Waals surface area contributed by atoms with E-state index in [1.54, 1.807) is 35.7 Å². The summed E-state index contributed by atoms with van der Waals surface area (Å²) in [5.74, 6) is -0.422. The highest BCUT2D eigenvalue weighted by atomic mass is 79.9. The summed E-state index contributed by atoms with van der Waals surface area (Å²) < 4.78 is 20.2. The fourth-order valence-corrected chi connectivity index (χ4v) is 4.00. The van der Waals surface area contributed by atoms with E-state index in [-0.39, 0.29) is 11.3 Å². The first-order valence-electron chi connectivity index (χ1n) is 8.77. The van der Waals surface area contributed by atoms with Crippen LogP contribution in [-0.2, 0) is 0 Å². The Bertz CT molecular complexity index is 1400. The minimum Gasteiger partial charge on any atom is -0.422 e. The van der Waals surface area contributed by atoms with Crippen LogP contribution < -0.4 is 10.9 Å². The molecule has 4 aromatic rings. The second kappa shape index (κ2) is 8.22. The van der Waals surface area contributed by atoms with Crippen molar-refractivity contribution in [2.24, 2.45) is 0 Å². The Balaban J connectivity index is 1.68. The second-order valence-corrected chi connectivity index (χ2v) is 8.24. The number of halogens is 2. The summed E-state index contributed by atoms with van der Waals surface area (Å²) in [7, 11) is 0. The lowest BCUT2D eigenvalue weighted by Crippen LogP contribution is -2.03. The van der Waals surface area contributed by atoms with E-state index < -0.39 is 11.4 Å². The number of rotatable bonds is 4. The Kier molecular flexibility index (Phi) is 5.48. The zero-order valence-electron chi connectivity index (χ0n) is 15.6. The number of thiazole rings is 1. The van der Waals surface area contributed by atoms with Crippen LogP contribution in [0, 0.1) is 24.1 Å². The Morgan fingerprint density at radius 3 is 2.93 bits per heavy atom. The highest BCUT2D eigenvalue weighted by Crippen LogP contribution is 2.27. The zero-order valence-corrected chi connectivity index (χ0v) is 18.0. The van der Waals surface area contributed by atoms with E-state index in [4.69, 9.17) is 4.42 Å².